The van der Waals surface area contributed by atoms with Gasteiger partial charge in [0.15, 0.2) is 0 Å². The summed E-state index contributed by atoms with van der Waals surface area (Å²) in [5.41, 5.74) is 7.77. The minimum Gasteiger partial charge on any atom is -0.354 e. The van der Waals surface area contributed by atoms with Gasteiger partial charge in [-0.3, -0.25) is 4.98 Å². The highest BCUT2D eigenvalue weighted by atomic mass is 15.2. The lowest BCUT2D eigenvalue weighted by Crippen LogP contribution is -2.26. The van der Waals surface area contributed by atoms with Crippen LogP contribution in [0.4, 0.5) is 5.82 Å². The molecule has 3 rings (SSSR count). The van der Waals surface area contributed by atoms with E-state index >= 15 is 0 Å². The average molecular weight is 214 g/mol. The standard InChI is InChI=1S/C12H14N4/c13-9-5-6-16(8-9)12-7-14-10-3-1-2-4-11(10)15-12/h1-4,7,9H,5-6,8,13H2/t9-/m0/s1. The van der Waals surface area contributed by atoms with Crippen LogP contribution in [-0.2, 0) is 0 Å². The molecule has 0 aliphatic carbocycles. The zero-order valence-electron chi connectivity index (χ0n) is 9.00. The maximum atomic E-state index is 5.89. The van der Waals surface area contributed by atoms with Crippen LogP contribution in [0.2, 0.25) is 0 Å². The highest BCUT2D eigenvalue weighted by Crippen LogP contribution is 2.19. The van der Waals surface area contributed by atoms with Crippen LogP contribution in [0, 0.1) is 0 Å². The normalized spacial score (nSPS) is 20.6. The van der Waals surface area contributed by atoms with Gasteiger partial charge in [-0.25, -0.2) is 4.98 Å². The Kier molecular flexibility index (Phi) is 2.22. The fourth-order valence-electron chi connectivity index (χ4n) is 2.10. The van der Waals surface area contributed by atoms with Crippen molar-refractivity contribution < 1.29 is 0 Å². The third-order valence-corrected chi connectivity index (χ3v) is 2.98. The Balaban J connectivity index is 1.99. The van der Waals surface area contributed by atoms with Crippen LogP contribution in [0.15, 0.2) is 30.5 Å². The van der Waals surface area contributed by atoms with Crippen molar-refractivity contribution >= 4 is 16.9 Å². The molecule has 0 saturated carbocycles. The lowest BCUT2D eigenvalue weighted by molar-refractivity contribution is 0.751. The molecule has 0 spiro atoms. The Morgan fingerprint density at radius 2 is 2.06 bits per heavy atom. The number of hydrogen-bond donors (Lipinski definition) is 1. The van der Waals surface area contributed by atoms with Gasteiger partial charge in [-0.2, -0.15) is 0 Å². The zero-order valence-corrected chi connectivity index (χ0v) is 9.00. The predicted octanol–water partition coefficient (Wildman–Crippen LogP) is 1.17. The molecule has 1 aliphatic rings. The summed E-state index contributed by atoms with van der Waals surface area (Å²) in [7, 11) is 0. The van der Waals surface area contributed by atoms with Crippen LogP contribution in [0.3, 0.4) is 0 Å². The molecule has 0 unspecified atom stereocenters. The Hall–Kier alpha value is -1.68. The number of nitrogens with zero attached hydrogens (tertiary/aromatic N) is 3. The molecule has 2 aromatic rings. The van der Waals surface area contributed by atoms with Crippen molar-refractivity contribution in [2.45, 2.75) is 12.5 Å². The summed E-state index contributed by atoms with van der Waals surface area (Å²) in [4.78, 5) is 11.2. The second kappa shape index (κ2) is 3.72. The monoisotopic (exact) mass is 214 g/mol. The molecule has 1 atom stereocenters. The Morgan fingerprint density at radius 3 is 2.81 bits per heavy atom. The van der Waals surface area contributed by atoms with Crippen molar-refractivity contribution in [2.75, 3.05) is 18.0 Å². The third kappa shape index (κ3) is 1.61. The molecule has 0 radical (unpaired) electrons. The molecule has 0 amide bonds. The number of fused-ring (bicyclic) bond motifs is 1. The Bertz CT molecular complexity index is 511. The van der Waals surface area contributed by atoms with Gasteiger partial charge in [-0.15, -0.1) is 0 Å². The summed E-state index contributed by atoms with van der Waals surface area (Å²) in [6, 6.07) is 8.19. The number of hydrogen-bond acceptors (Lipinski definition) is 4. The molecule has 2 N–H and O–H groups in total. The first-order chi connectivity index (χ1) is 7.83. The predicted molar refractivity (Wildman–Crippen MR) is 64.3 cm³/mol. The van der Waals surface area contributed by atoms with Gasteiger partial charge in [0.25, 0.3) is 0 Å². The largest absolute Gasteiger partial charge is 0.354 e. The lowest BCUT2D eigenvalue weighted by atomic mass is 10.3. The summed E-state index contributed by atoms with van der Waals surface area (Å²) < 4.78 is 0. The number of benzene rings is 1. The fraction of sp³-hybridized carbons (Fsp3) is 0.333. The molecule has 1 aliphatic heterocycles. The van der Waals surface area contributed by atoms with Crippen LogP contribution >= 0.6 is 0 Å². The van der Waals surface area contributed by atoms with Gasteiger partial charge in [-0.05, 0) is 18.6 Å². The van der Waals surface area contributed by atoms with Crippen LogP contribution < -0.4 is 10.6 Å². The molecule has 0 bridgehead atoms. The second-order valence-electron chi connectivity index (χ2n) is 4.21. The maximum Gasteiger partial charge on any atom is 0.147 e. The molecular formula is C12H14N4. The van der Waals surface area contributed by atoms with Gasteiger partial charge in [0, 0.05) is 19.1 Å². The van der Waals surface area contributed by atoms with Gasteiger partial charge < -0.3 is 10.6 Å². The van der Waals surface area contributed by atoms with Crippen molar-refractivity contribution in [3.8, 4) is 0 Å². The van der Waals surface area contributed by atoms with Crippen molar-refractivity contribution in [3.63, 3.8) is 0 Å². The number of para-hydroxylation sites is 2. The summed E-state index contributed by atoms with van der Waals surface area (Å²) in [6.45, 7) is 1.86. The van der Waals surface area contributed by atoms with E-state index in [4.69, 9.17) is 5.73 Å². The summed E-state index contributed by atoms with van der Waals surface area (Å²) in [6.07, 6.45) is 2.87. The van der Waals surface area contributed by atoms with Crippen LogP contribution in [0.5, 0.6) is 0 Å². The molecule has 4 nitrogen and oxygen atoms in total. The molecule has 1 saturated heterocycles. The van der Waals surface area contributed by atoms with Gasteiger partial charge in [0.05, 0.1) is 17.2 Å². The molecule has 2 heterocycles. The van der Waals surface area contributed by atoms with Gasteiger partial charge >= 0.3 is 0 Å². The number of anilines is 1. The van der Waals surface area contributed by atoms with E-state index in [0.29, 0.717) is 0 Å². The number of rotatable bonds is 1. The molecule has 1 aromatic carbocycles. The first-order valence-electron chi connectivity index (χ1n) is 5.55. The summed E-state index contributed by atoms with van der Waals surface area (Å²) in [5, 5.41) is 0. The Labute approximate surface area is 94.1 Å². The smallest absolute Gasteiger partial charge is 0.147 e. The molecule has 1 fully saturated rings. The van der Waals surface area contributed by atoms with Gasteiger partial charge in [0.1, 0.15) is 5.82 Å². The SMILES string of the molecule is N[C@H]1CCN(c2cnc3ccccc3n2)C1. The molecule has 82 valence electrons. The molecule has 16 heavy (non-hydrogen) atoms. The third-order valence-electron chi connectivity index (χ3n) is 2.98. The number of aromatic nitrogens is 2. The highest BCUT2D eigenvalue weighted by molar-refractivity contribution is 5.75. The molecular weight excluding hydrogens is 200 g/mol. The van der Waals surface area contributed by atoms with E-state index in [9.17, 15) is 0 Å². The fourth-order valence-corrected chi connectivity index (χ4v) is 2.10. The van der Waals surface area contributed by atoms with E-state index < -0.39 is 0 Å². The van der Waals surface area contributed by atoms with Gasteiger partial charge in [-0.1, -0.05) is 12.1 Å². The van der Waals surface area contributed by atoms with Crippen molar-refractivity contribution in [3.05, 3.63) is 30.5 Å². The Morgan fingerprint density at radius 1 is 1.25 bits per heavy atom. The molecule has 4 heteroatoms. The van der Waals surface area contributed by atoms with Crippen LogP contribution in [-0.4, -0.2) is 29.1 Å². The second-order valence-corrected chi connectivity index (χ2v) is 4.21. The van der Waals surface area contributed by atoms with Crippen molar-refractivity contribution in [1.29, 1.82) is 0 Å². The average Bonchev–Trinajstić information content (AvgIpc) is 2.75. The first kappa shape index (κ1) is 9.54. The molecule has 1 aromatic heterocycles. The summed E-state index contributed by atoms with van der Waals surface area (Å²) >= 11 is 0. The number of nitrogens with two attached hydrogens (primary N) is 1. The quantitative estimate of drug-likeness (QED) is 0.774. The maximum absolute atomic E-state index is 5.89. The van der Waals surface area contributed by atoms with E-state index in [1.165, 1.54) is 0 Å². The van der Waals surface area contributed by atoms with E-state index in [-0.39, 0.29) is 6.04 Å². The van der Waals surface area contributed by atoms with E-state index in [2.05, 4.69) is 14.9 Å². The minimum atomic E-state index is 0.272. The van der Waals surface area contributed by atoms with Crippen molar-refractivity contribution in [1.82, 2.24) is 9.97 Å². The minimum absolute atomic E-state index is 0.272. The lowest BCUT2D eigenvalue weighted by Gasteiger charge is -2.16. The van der Waals surface area contributed by atoms with Gasteiger partial charge in [0.2, 0.25) is 0 Å². The van der Waals surface area contributed by atoms with E-state index in [0.717, 1.165) is 36.4 Å². The van der Waals surface area contributed by atoms with Crippen LogP contribution in [0.25, 0.3) is 11.0 Å². The zero-order chi connectivity index (χ0) is 11.0. The van der Waals surface area contributed by atoms with E-state index in [1.54, 1.807) is 0 Å². The highest BCUT2D eigenvalue weighted by Gasteiger charge is 2.20. The van der Waals surface area contributed by atoms with Crippen molar-refractivity contribution in [2.24, 2.45) is 5.73 Å². The summed E-state index contributed by atoms with van der Waals surface area (Å²) in [5.74, 6) is 0.937. The van der Waals surface area contributed by atoms with E-state index in [1.807, 2.05) is 30.5 Å². The topological polar surface area (TPSA) is 55.0 Å². The van der Waals surface area contributed by atoms with Crippen LogP contribution in [0.1, 0.15) is 6.42 Å². The first-order valence-corrected chi connectivity index (χ1v) is 5.55.